The Bertz CT molecular complexity index is 579. The summed E-state index contributed by atoms with van der Waals surface area (Å²) < 4.78 is 5.40. The summed E-state index contributed by atoms with van der Waals surface area (Å²) in [6, 6.07) is 5.76. The zero-order chi connectivity index (χ0) is 13.2. The van der Waals surface area contributed by atoms with Gasteiger partial charge in [0.05, 0.1) is 11.6 Å². The Hall–Kier alpha value is -1.88. The van der Waals surface area contributed by atoms with E-state index in [9.17, 15) is 0 Å². The van der Waals surface area contributed by atoms with Crippen LogP contribution < -0.4 is 10.6 Å². The van der Waals surface area contributed by atoms with E-state index in [1.54, 1.807) is 13.4 Å². The molecule has 2 N–H and O–H groups in total. The van der Waals surface area contributed by atoms with E-state index in [0.717, 1.165) is 48.3 Å². The molecule has 0 amide bonds. The van der Waals surface area contributed by atoms with Gasteiger partial charge in [0.2, 0.25) is 0 Å². The lowest BCUT2D eigenvalue weighted by Gasteiger charge is -2.32. The lowest BCUT2D eigenvalue weighted by Crippen LogP contribution is -2.37. The van der Waals surface area contributed by atoms with E-state index >= 15 is 0 Å². The summed E-state index contributed by atoms with van der Waals surface area (Å²) in [5, 5.41) is 1.03. The molecule has 19 heavy (non-hydrogen) atoms. The van der Waals surface area contributed by atoms with Gasteiger partial charge in [0.25, 0.3) is 0 Å². The van der Waals surface area contributed by atoms with Crippen molar-refractivity contribution in [1.29, 1.82) is 0 Å². The first-order valence-electron chi connectivity index (χ1n) is 6.56. The van der Waals surface area contributed by atoms with E-state index in [0.29, 0.717) is 6.10 Å². The smallest absolute Gasteiger partial charge is 0.139 e. The van der Waals surface area contributed by atoms with Gasteiger partial charge < -0.3 is 15.4 Å². The number of hydrogen-bond donors (Lipinski definition) is 1. The summed E-state index contributed by atoms with van der Waals surface area (Å²) in [6.45, 7) is 1.92. The maximum Gasteiger partial charge on any atom is 0.139 e. The second-order valence-electron chi connectivity index (χ2n) is 4.90. The third-order valence-corrected chi connectivity index (χ3v) is 3.71. The molecular formula is C14H18N4O. The quantitative estimate of drug-likeness (QED) is 0.832. The first-order chi connectivity index (χ1) is 9.28. The largest absolute Gasteiger partial charge is 0.399 e. The molecule has 1 aliphatic rings. The van der Waals surface area contributed by atoms with Crippen LogP contribution in [-0.2, 0) is 4.74 Å². The second kappa shape index (κ2) is 5.01. The number of nitrogen functional groups attached to an aromatic ring is 1. The van der Waals surface area contributed by atoms with Gasteiger partial charge in [0.15, 0.2) is 0 Å². The second-order valence-corrected chi connectivity index (χ2v) is 4.90. The molecule has 2 heterocycles. The molecule has 1 aromatic carbocycles. The number of anilines is 2. The fraction of sp³-hybridized carbons (Fsp3) is 0.429. The van der Waals surface area contributed by atoms with Crippen LogP contribution in [0.15, 0.2) is 24.5 Å². The average molecular weight is 258 g/mol. The number of rotatable bonds is 2. The van der Waals surface area contributed by atoms with Crippen LogP contribution in [0, 0.1) is 0 Å². The van der Waals surface area contributed by atoms with Crippen molar-refractivity contribution in [2.75, 3.05) is 30.8 Å². The van der Waals surface area contributed by atoms with Crippen LogP contribution >= 0.6 is 0 Å². The Balaban J connectivity index is 1.94. The van der Waals surface area contributed by atoms with Crippen LogP contribution in [0.2, 0.25) is 0 Å². The minimum absolute atomic E-state index is 0.370. The minimum atomic E-state index is 0.370. The molecule has 0 radical (unpaired) electrons. The van der Waals surface area contributed by atoms with Crippen LogP contribution in [0.25, 0.3) is 10.9 Å². The molecule has 0 bridgehead atoms. The van der Waals surface area contributed by atoms with E-state index in [1.165, 1.54) is 0 Å². The molecule has 1 aromatic heterocycles. The zero-order valence-electron chi connectivity index (χ0n) is 11.0. The van der Waals surface area contributed by atoms with Gasteiger partial charge in [-0.15, -0.1) is 0 Å². The molecule has 0 saturated carbocycles. The summed E-state index contributed by atoms with van der Waals surface area (Å²) >= 11 is 0. The number of methoxy groups -OCH3 is 1. The summed E-state index contributed by atoms with van der Waals surface area (Å²) in [5.41, 5.74) is 7.56. The van der Waals surface area contributed by atoms with Gasteiger partial charge in [-0.2, -0.15) is 0 Å². The van der Waals surface area contributed by atoms with Crippen LogP contribution in [0.4, 0.5) is 11.5 Å². The van der Waals surface area contributed by atoms with Crippen molar-refractivity contribution < 1.29 is 4.74 Å². The Morgan fingerprint density at radius 2 is 2.05 bits per heavy atom. The Labute approximate surface area is 112 Å². The number of aromatic nitrogens is 2. The van der Waals surface area contributed by atoms with Crippen LogP contribution in [0.3, 0.4) is 0 Å². The zero-order valence-corrected chi connectivity index (χ0v) is 11.0. The molecule has 0 aliphatic carbocycles. The first kappa shape index (κ1) is 12.2. The van der Waals surface area contributed by atoms with Crippen molar-refractivity contribution in [2.24, 2.45) is 0 Å². The SMILES string of the molecule is COC1CCN(c2ncnc3ccc(N)cc23)CC1. The fourth-order valence-corrected chi connectivity index (χ4v) is 2.62. The summed E-state index contributed by atoms with van der Waals surface area (Å²) in [7, 11) is 1.78. The molecule has 5 nitrogen and oxygen atoms in total. The van der Waals surface area contributed by atoms with Gasteiger partial charge in [-0.1, -0.05) is 0 Å². The summed E-state index contributed by atoms with van der Waals surface area (Å²) in [5.74, 6) is 0.979. The third kappa shape index (κ3) is 2.33. The van der Waals surface area contributed by atoms with Gasteiger partial charge in [0.1, 0.15) is 12.1 Å². The van der Waals surface area contributed by atoms with Gasteiger partial charge in [-0.25, -0.2) is 9.97 Å². The molecule has 5 heteroatoms. The van der Waals surface area contributed by atoms with Crippen molar-refractivity contribution in [3.05, 3.63) is 24.5 Å². The maximum atomic E-state index is 5.87. The van der Waals surface area contributed by atoms with Crippen LogP contribution in [0.5, 0.6) is 0 Å². The van der Waals surface area contributed by atoms with Crippen molar-refractivity contribution in [3.63, 3.8) is 0 Å². The van der Waals surface area contributed by atoms with Crippen molar-refractivity contribution >= 4 is 22.4 Å². The highest BCUT2D eigenvalue weighted by Crippen LogP contribution is 2.27. The van der Waals surface area contributed by atoms with Gasteiger partial charge >= 0.3 is 0 Å². The van der Waals surface area contributed by atoms with E-state index in [1.807, 2.05) is 18.2 Å². The monoisotopic (exact) mass is 258 g/mol. The number of nitrogens with two attached hydrogens (primary N) is 1. The summed E-state index contributed by atoms with van der Waals surface area (Å²) in [4.78, 5) is 11.0. The van der Waals surface area contributed by atoms with Gasteiger partial charge in [-0.3, -0.25) is 0 Å². The molecular weight excluding hydrogens is 240 g/mol. The van der Waals surface area contributed by atoms with Crippen LogP contribution in [-0.4, -0.2) is 36.3 Å². The number of ether oxygens (including phenoxy) is 1. The average Bonchev–Trinajstić information content (AvgIpc) is 2.47. The molecule has 0 atom stereocenters. The molecule has 100 valence electrons. The van der Waals surface area contributed by atoms with Crippen molar-refractivity contribution in [1.82, 2.24) is 9.97 Å². The first-order valence-corrected chi connectivity index (χ1v) is 6.56. The molecule has 0 unspecified atom stereocenters. The topological polar surface area (TPSA) is 64.3 Å². The summed E-state index contributed by atoms with van der Waals surface area (Å²) in [6.07, 6.45) is 4.06. The fourth-order valence-electron chi connectivity index (χ4n) is 2.62. The maximum absolute atomic E-state index is 5.87. The standard InChI is InChI=1S/C14H18N4O/c1-19-11-4-6-18(7-5-11)14-12-8-10(15)2-3-13(12)16-9-17-14/h2-3,8-9,11H,4-7,15H2,1H3. The highest BCUT2D eigenvalue weighted by molar-refractivity contribution is 5.91. The highest BCUT2D eigenvalue weighted by Gasteiger charge is 2.21. The number of nitrogens with zero attached hydrogens (tertiary/aromatic N) is 3. The van der Waals surface area contributed by atoms with Crippen molar-refractivity contribution in [3.8, 4) is 0 Å². The number of hydrogen-bond acceptors (Lipinski definition) is 5. The number of benzene rings is 1. The lowest BCUT2D eigenvalue weighted by atomic mass is 10.1. The van der Waals surface area contributed by atoms with E-state index in [-0.39, 0.29) is 0 Å². The molecule has 0 spiro atoms. The molecule has 2 aromatic rings. The predicted molar refractivity (Wildman–Crippen MR) is 76.2 cm³/mol. The lowest BCUT2D eigenvalue weighted by molar-refractivity contribution is 0.0818. The number of fused-ring (bicyclic) bond motifs is 1. The molecule has 1 fully saturated rings. The minimum Gasteiger partial charge on any atom is -0.399 e. The van der Waals surface area contributed by atoms with Crippen molar-refractivity contribution in [2.45, 2.75) is 18.9 Å². The highest BCUT2D eigenvalue weighted by atomic mass is 16.5. The van der Waals surface area contributed by atoms with E-state index in [2.05, 4.69) is 14.9 Å². The normalized spacial score (nSPS) is 17.0. The Kier molecular flexibility index (Phi) is 3.21. The van der Waals surface area contributed by atoms with E-state index in [4.69, 9.17) is 10.5 Å². The van der Waals surface area contributed by atoms with Gasteiger partial charge in [0, 0.05) is 31.3 Å². The number of piperidine rings is 1. The molecule has 1 saturated heterocycles. The van der Waals surface area contributed by atoms with Gasteiger partial charge in [-0.05, 0) is 31.0 Å². The molecule has 3 rings (SSSR count). The Morgan fingerprint density at radius 1 is 1.26 bits per heavy atom. The molecule has 1 aliphatic heterocycles. The third-order valence-electron chi connectivity index (χ3n) is 3.71. The van der Waals surface area contributed by atoms with E-state index < -0.39 is 0 Å². The van der Waals surface area contributed by atoms with Crippen LogP contribution in [0.1, 0.15) is 12.8 Å². The predicted octanol–water partition coefficient (Wildman–Crippen LogP) is 1.83. The Morgan fingerprint density at radius 3 is 2.79 bits per heavy atom.